The van der Waals surface area contributed by atoms with Crippen molar-refractivity contribution in [1.29, 1.82) is 0 Å². The average molecular weight is 165 g/mol. The number of allylic oxidation sites excluding steroid dienone is 4. The van der Waals surface area contributed by atoms with Crippen molar-refractivity contribution in [3.8, 4) is 0 Å². The van der Waals surface area contributed by atoms with Crippen LogP contribution in [0.15, 0.2) is 23.4 Å². The van der Waals surface area contributed by atoms with Gasteiger partial charge in [-0.2, -0.15) is 0 Å². The van der Waals surface area contributed by atoms with Crippen LogP contribution in [0.5, 0.6) is 0 Å². The molecule has 0 spiro atoms. The molecule has 1 amide bonds. The van der Waals surface area contributed by atoms with Gasteiger partial charge in [-0.15, -0.1) is 0 Å². The fourth-order valence-electron chi connectivity index (χ4n) is 1.40. The van der Waals surface area contributed by atoms with Crippen LogP contribution in [0.3, 0.4) is 0 Å². The summed E-state index contributed by atoms with van der Waals surface area (Å²) in [4.78, 5) is 13.0. The van der Waals surface area contributed by atoms with E-state index in [1.165, 1.54) is 5.57 Å². The van der Waals surface area contributed by atoms with Crippen LogP contribution < -0.4 is 0 Å². The van der Waals surface area contributed by atoms with Gasteiger partial charge in [0.1, 0.15) is 0 Å². The Bertz CT molecular complexity index is 251. The highest BCUT2D eigenvalue weighted by atomic mass is 16.2. The van der Waals surface area contributed by atoms with Crippen molar-refractivity contribution in [3.05, 3.63) is 23.4 Å². The first-order chi connectivity index (χ1) is 5.66. The van der Waals surface area contributed by atoms with Gasteiger partial charge in [0.25, 0.3) is 0 Å². The van der Waals surface area contributed by atoms with Crippen LogP contribution in [0.4, 0.5) is 0 Å². The summed E-state index contributed by atoms with van der Waals surface area (Å²) in [5, 5.41) is 0. The summed E-state index contributed by atoms with van der Waals surface area (Å²) in [6, 6.07) is 0. The van der Waals surface area contributed by atoms with Gasteiger partial charge in [0.05, 0.1) is 0 Å². The van der Waals surface area contributed by atoms with E-state index in [-0.39, 0.29) is 5.91 Å². The molecule has 1 heterocycles. The Kier molecular flexibility index (Phi) is 2.69. The van der Waals surface area contributed by atoms with Crippen LogP contribution in [-0.2, 0) is 4.79 Å². The molecule has 0 saturated carbocycles. The third-order valence-corrected chi connectivity index (χ3v) is 2.32. The van der Waals surface area contributed by atoms with E-state index < -0.39 is 0 Å². The number of nitrogens with zero attached hydrogens (tertiary/aromatic N) is 1. The van der Waals surface area contributed by atoms with Crippen LogP contribution >= 0.6 is 0 Å². The molecule has 0 aromatic rings. The van der Waals surface area contributed by atoms with Gasteiger partial charge in [-0.1, -0.05) is 12.2 Å². The molecular formula is C10H15NO. The molecule has 1 aliphatic heterocycles. The van der Waals surface area contributed by atoms with Gasteiger partial charge in [-0.05, 0) is 25.8 Å². The summed E-state index contributed by atoms with van der Waals surface area (Å²) in [7, 11) is 1.83. The summed E-state index contributed by atoms with van der Waals surface area (Å²) >= 11 is 0. The number of amides is 1. The molecule has 0 fully saturated rings. The van der Waals surface area contributed by atoms with E-state index in [1.807, 2.05) is 27.0 Å². The normalized spacial score (nSPS) is 19.6. The lowest BCUT2D eigenvalue weighted by molar-refractivity contribution is -0.128. The summed E-state index contributed by atoms with van der Waals surface area (Å²) < 4.78 is 0. The molecule has 0 atom stereocenters. The first-order valence-corrected chi connectivity index (χ1v) is 4.26. The Morgan fingerprint density at radius 2 is 2.08 bits per heavy atom. The lowest BCUT2D eigenvalue weighted by Crippen LogP contribution is -2.29. The second-order valence-corrected chi connectivity index (χ2v) is 3.06. The zero-order chi connectivity index (χ0) is 9.14. The van der Waals surface area contributed by atoms with Crippen molar-refractivity contribution in [2.45, 2.75) is 26.7 Å². The number of hydrogen-bond donors (Lipinski definition) is 0. The number of carbonyl (C=O) groups excluding carboxylic acids is 1. The van der Waals surface area contributed by atoms with Crippen LogP contribution in [0.25, 0.3) is 0 Å². The molecule has 0 aromatic carbocycles. The van der Waals surface area contributed by atoms with Gasteiger partial charge < -0.3 is 4.90 Å². The van der Waals surface area contributed by atoms with Gasteiger partial charge in [-0.3, -0.25) is 4.79 Å². The van der Waals surface area contributed by atoms with E-state index in [0.29, 0.717) is 6.42 Å². The molecule has 0 bridgehead atoms. The maximum Gasteiger partial charge on any atom is 0.226 e. The largest absolute Gasteiger partial charge is 0.319 e. The van der Waals surface area contributed by atoms with Crippen LogP contribution in [0, 0.1) is 0 Å². The predicted molar refractivity (Wildman–Crippen MR) is 49.5 cm³/mol. The average Bonchev–Trinajstić information content (AvgIpc) is 2.07. The first kappa shape index (κ1) is 9.04. The minimum absolute atomic E-state index is 0.223. The second kappa shape index (κ2) is 3.57. The SMILES string of the molecule is C/C=C\C1=C(C)N(C)C(=O)CC1. The molecule has 0 unspecified atom stereocenters. The summed E-state index contributed by atoms with van der Waals surface area (Å²) in [5.74, 6) is 0.223. The summed E-state index contributed by atoms with van der Waals surface area (Å²) in [6.45, 7) is 3.99. The Labute approximate surface area is 73.6 Å². The third kappa shape index (κ3) is 1.58. The minimum atomic E-state index is 0.223. The molecule has 66 valence electrons. The number of carbonyl (C=O) groups is 1. The van der Waals surface area contributed by atoms with Gasteiger partial charge in [0.2, 0.25) is 5.91 Å². The molecule has 0 radical (unpaired) electrons. The zero-order valence-corrected chi connectivity index (χ0v) is 7.92. The lowest BCUT2D eigenvalue weighted by atomic mass is 10.0. The lowest BCUT2D eigenvalue weighted by Gasteiger charge is -2.25. The standard InChI is InChI=1S/C10H15NO/c1-4-5-9-6-7-10(12)11(3)8(9)2/h4-5H,6-7H2,1-3H3/b5-4-. The van der Waals surface area contributed by atoms with E-state index in [9.17, 15) is 4.79 Å². The highest BCUT2D eigenvalue weighted by molar-refractivity contribution is 5.79. The molecule has 12 heavy (non-hydrogen) atoms. The minimum Gasteiger partial charge on any atom is -0.319 e. The molecule has 2 heteroatoms. The second-order valence-electron chi connectivity index (χ2n) is 3.06. The molecular weight excluding hydrogens is 150 g/mol. The monoisotopic (exact) mass is 165 g/mol. The molecule has 2 nitrogen and oxygen atoms in total. The van der Waals surface area contributed by atoms with Crippen LogP contribution in [-0.4, -0.2) is 17.9 Å². The number of rotatable bonds is 1. The van der Waals surface area contributed by atoms with Crippen molar-refractivity contribution in [3.63, 3.8) is 0 Å². The smallest absolute Gasteiger partial charge is 0.226 e. The number of hydrogen-bond acceptors (Lipinski definition) is 1. The summed E-state index contributed by atoms with van der Waals surface area (Å²) in [6.07, 6.45) is 5.63. The molecule has 0 saturated heterocycles. The molecule has 0 aliphatic carbocycles. The molecule has 0 N–H and O–H groups in total. The van der Waals surface area contributed by atoms with Crippen LogP contribution in [0.1, 0.15) is 26.7 Å². The highest BCUT2D eigenvalue weighted by Crippen LogP contribution is 2.21. The molecule has 1 aliphatic rings. The predicted octanol–water partition coefficient (Wildman–Crippen LogP) is 2.09. The zero-order valence-electron chi connectivity index (χ0n) is 7.92. The van der Waals surface area contributed by atoms with E-state index in [0.717, 1.165) is 12.1 Å². The molecule has 0 aromatic heterocycles. The van der Waals surface area contributed by atoms with Crippen molar-refractivity contribution in [1.82, 2.24) is 4.90 Å². The topological polar surface area (TPSA) is 20.3 Å². The quantitative estimate of drug-likeness (QED) is 0.582. The Morgan fingerprint density at radius 3 is 2.67 bits per heavy atom. The van der Waals surface area contributed by atoms with Gasteiger partial charge in [-0.25, -0.2) is 0 Å². The summed E-state index contributed by atoms with van der Waals surface area (Å²) in [5.41, 5.74) is 2.36. The van der Waals surface area contributed by atoms with E-state index >= 15 is 0 Å². The van der Waals surface area contributed by atoms with Crippen LogP contribution in [0.2, 0.25) is 0 Å². The van der Waals surface area contributed by atoms with Crippen molar-refractivity contribution in [2.24, 2.45) is 0 Å². The fourth-order valence-corrected chi connectivity index (χ4v) is 1.40. The van der Waals surface area contributed by atoms with Crippen molar-refractivity contribution < 1.29 is 4.79 Å². The maximum absolute atomic E-state index is 11.2. The van der Waals surface area contributed by atoms with Crippen molar-refractivity contribution in [2.75, 3.05) is 7.05 Å². The van der Waals surface area contributed by atoms with E-state index in [2.05, 4.69) is 6.08 Å². The van der Waals surface area contributed by atoms with Gasteiger partial charge in [0.15, 0.2) is 0 Å². The Balaban J connectivity index is 2.92. The Morgan fingerprint density at radius 1 is 1.42 bits per heavy atom. The van der Waals surface area contributed by atoms with E-state index in [1.54, 1.807) is 4.90 Å². The third-order valence-electron chi connectivity index (χ3n) is 2.32. The highest BCUT2D eigenvalue weighted by Gasteiger charge is 2.18. The van der Waals surface area contributed by atoms with Crippen molar-refractivity contribution >= 4 is 5.91 Å². The maximum atomic E-state index is 11.2. The first-order valence-electron chi connectivity index (χ1n) is 4.26. The van der Waals surface area contributed by atoms with Gasteiger partial charge >= 0.3 is 0 Å². The van der Waals surface area contributed by atoms with Gasteiger partial charge in [0, 0.05) is 19.2 Å². The van der Waals surface area contributed by atoms with E-state index in [4.69, 9.17) is 0 Å². The Hall–Kier alpha value is -1.05. The molecule has 1 rings (SSSR count). The fraction of sp³-hybridized carbons (Fsp3) is 0.500.